The van der Waals surface area contributed by atoms with Crippen LogP contribution in [0.3, 0.4) is 0 Å². The first kappa shape index (κ1) is 59.8. The molecular formula is C41H72F3N7O12P2S. The number of fused-ring (bicyclic) bond motifs is 2. The molecule has 3 aromatic rings. The fourth-order valence-electron chi connectivity index (χ4n) is 6.74. The smallest absolute Gasteiger partial charge is 0.358 e. The highest BCUT2D eigenvalue weighted by Crippen LogP contribution is 2.59. The Morgan fingerprint density at radius 3 is 1.74 bits per heavy atom. The van der Waals surface area contributed by atoms with Gasteiger partial charge in [-0.15, -0.1) is 0 Å². The number of aromatic nitrogens is 4. The maximum atomic E-state index is 14.3. The van der Waals surface area contributed by atoms with Crippen LogP contribution in [0.1, 0.15) is 88.2 Å². The molecular weight excluding hydrogens is 933 g/mol. The molecule has 2 fully saturated rings. The van der Waals surface area contributed by atoms with E-state index in [9.17, 15) is 32.0 Å². The van der Waals surface area contributed by atoms with Gasteiger partial charge in [0, 0.05) is 4.90 Å². The third-order valence-electron chi connectivity index (χ3n) is 10.4. The zero-order valence-electron chi connectivity index (χ0n) is 40.0. The van der Waals surface area contributed by atoms with Gasteiger partial charge in [0.25, 0.3) is 5.56 Å². The first-order valence-corrected chi connectivity index (χ1v) is 26.7. The van der Waals surface area contributed by atoms with Crippen LogP contribution in [0.5, 0.6) is 0 Å². The van der Waals surface area contributed by atoms with Crippen LogP contribution >= 0.6 is 26.0 Å². The molecule has 4 heterocycles. The Morgan fingerprint density at radius 2 is 1.29 bits per heavy atom. The number of rotatable bonds is 21. The zero-order chi connectivity index (χ0) is 49.9. The monoisotopic (exact) mass is 1010 g/mol. The first-order valence-electron chi connectivity index (χ1n) is 22.2. The minimum absolute atomic E-state index is 0.363. The van der Waals surface area contributed by atoms with Crippen molar-refractivity contribution < 1.29 is 65.0 Å². The summed E-state index contributed by atoms with van der Waals surface area (Å²) in [5.41, 5.74) is -2.20. The minimum atomic E-state index is -5.09. The molecule has 1 aromatic carbocycles. The minimum Gasteiger partial charge on any atom is -0.358 e. The fourth-order valence-corrected chi connectivity index (χ4v) is 9.49. The molecule has 66 heavy (non-hydrogen) atoms. The van der Waals surface area contributed by atoms with Crippen LogP contribution in [-0.2, 0) is 50.0 Å². The number of hydrogen-bond donors (Lipinski definition) is 3. The summed E-state index contributed by atoms with van der Waals surface area (Å²) in [5.74, 6) is -2.81. The summed E-state index contributed by atoms with van der Waals surface area (Å²) in [6.45, 7) is 27.1. The molecule has 2 aliphatic rings. The van der Waals surface area contributed by atoms with Crippen LogP contribution in [0.25, 0.3) is 11.2 Å². The maximum absolute atomic E-state index is 14.3. The van der Waals surface area contributed by atoms with Crippen molar-refractivity contribution in [3.05, 3.63) is 52.8 Å². The van der Waals surface area contributed by atoms with Crippen LogP contribution in [0.2, 0.25) is 0 Å². The molecule has 2 saturated heterocycles. The van der Waals surface area contributed by atoms with Crippen LogP contribution in [0, 0.1) is 0 Å². The lowest BCUT2D eigenvalue weighted by atomic mass is 10.1. The molecule has 380 valence electrons. The molecule has 25 heteroatoms. The van der Waals surface area contributed by atoms with Gasteiger partial charge in [-0.1, -0.05) is 80.5 Å². The summed E-state index contributed by atoms with van der Waals surface area (Å²) in [6.07, 6.45) is -9.22. The standard InChI is InChI=1S/C23H27F3N4O12P2S.3C6H15N/c1-22(2)41-16-14(10-39-44(35,36)45-13-6-4-3-5-7-13)40-20(17(16)42-22)30-18-15(28-21(30)23(24,25)26)19(31)29(11-27-18)12-37-8-9-38-43(32,33)34;3*1-4-7(5-2)6-3/h3-7,11,14,16-17,20H,8-10,12H2,1-2H3,(H,35,36)(H2,32,33,34);3*4-6H2,1-3H3/t14-,16-,17-,20-;;;/m1.../s1. The second-order valence-corrected chi connectivity index (χ2v) is 20.0. The van der Waals surface area contributed by atoms with Crippen LogP contribution in [0.15, 0.2) is 46.3 Å². The lowest BCUT2D eigenvalue weighted by Crippen LogP contribution is -2.32. The topological polar surface area (TPSA) is 213 Å². The Kier molecular flexibility index (Phi) is 25.7. The largest absolute Gasteiger partial charge is 0.469 e. The maximum Gasteiger partial charge on any atom is 0.469 e. The number of alkyl halides is 3. The van der Waals surface area contributed by atoms with E-state index in [-0.39, 0.29) is 6.61 Å². The quantitative estimate of drug-likeness (QED) is 0.0719. The van der Waals surface area contributed by atoms with Crippen molar-refractivity contribution in [2.24, 2.45) is 0 Å². The molecule has 5 rings (SSSR count). The Balaban J connectivity index is 0.000000589. The van der Waals surface area contributed by atoms with Gasteiger partial charge in [-0.25, -0.2) is 19.1 Å². The number of hydrogen-bond acceptors (Lipinski definition) is 15. The number of imidazole rings is 1. The van der Waals surface area contributed by atoms with Crippen molar-refractivity contribution in [3.63, 3.8) is 0 Å². The normalized spacial score (nSPS) is 20.1. The van der Waals surface area contributed by atoms with E-state index < -0.39 is 93.6 Å². The van der Waals surface area contributed by atoms with E-state index in [1.807, 2.05) is 0 Å². The number of phosphoric acid groups is 1. The van der Waals surface area contributed by atoms with E-state index in [1.165, 1.54) is 72.8 Å². The van der Waals surface area contributed by atoms with Crippen molar-refractivity contribution >= 4 is 37.2 Å². The fraction of sp³-hybridized carbons (Fsp3) is 0.732. The van der Waals surface area contributed by atoms with E-state index in [1.54, 1.807) is 30.3 Å². The molecule has 1 unspecified atom stereocenters. The van der Waals surface area contributed by atoms with Crippen LogP contribution < -0.4 is 5.56 Å². The van der Waals surface area contributed by atoms with E-state index >= 15 is 0 Å². The van der Waals surface area contributed by atoms with Gasteiger partial charge < -0.3 is 48.3 Å². The summed E-state index contributed by atoms with van der Waals surface area (Å²) < 4.78 is 100. The number of phosphoric ester groups is 1. The lowest BCUT2D eigenvalue weighted by Gasteiger charge is -2.26. The first-order chi connectivity index (χ1) is 31.0. The molecule has 2 aromatic heterocycles. The van der Waals surface area contributed by atoms with Gasteiger partial charge in [-0.2, -0.15) is 13.2 Å². The molecule has 0 radical (unpaired) electrons. The van der Waals surface area contributed by atoms with Crippen LogP contribution in [0.4, 0.5) is 13.2 Å². The number of benzene rings is 1. The molecule has 0 saturated carbocycles. The Bertz CT molecular complexity index is 1960. The highest BCUT2D eigenvalue weighted by Gasteiger charge is 2.58. The van der Waals surface area contributed by atoms with Crippen molar-refractivity contribution in [2.75, 3.05) is 78.7 Å². The number of ether oxygens (including phenoxy) is 4. The molecule has 2 aliphatic heterocycles. The van der Waals surface area contributed by atoms with Gasteiger partial charge in [-0.3, -0.25) is 23.0 Å². The van der Waals surface area contributed by atoms with Crippen molar-refractivity contribution in [1.82, 2.24) is 33.8 Å². The molecule has 19 nitrogen and oxygen atoms in total. The molecule has 5 atom stereocenters. The van der Waals surface area contributed by atoms with Gasteiger partial charge in [0.05, 0.1) is 19.8 Å². The van der Waals surface area contributed by atoms with Crippen molar-refractivity contribution in [2.45, 2.75) is 124 Å². The second-order valence-electron chi connectivity index (χ2n) is 15.0. The van der Waals surface area contributed by atoms with Crippen molar-refractivity contribution in [3.8, 4) is 0 Å². The molecule has 3 N–H and O–H groups in total. The molecule has 0 amide bonds. The average molecular weight is 1010 g/mol. The SMILES string of the molecule is CC1(C)O[C@@H]2[C@H](O1)[C@@H](COP(=O)(O)Sc1ccccc1)O[C@H]2n1c(C(F)(F)F)nc2c(=O)n(COCCOP(=O)(O)O)cnc21.CCN(CC)CC.CCN(CC)CC.CCN(CC)CC. The van der Waals surface area contributed by atoms with Gasteiger partial charge in [-0.05, 0) is 96.3 Å². The van der Waals surface area contributed by atoms with E-state index in [2.05, 4.69) is 91.5 Å². The van der Waals surface area contributed by atoms with Gasteiger partial charge >= 0.3 is 20.8 Å². The van der Waals surface area contributed by atoms with E-state index in [0.29, 0.717) is 20.8 Å². The summed E-state index contributed by atoms with van der Waals surface area (Å²) in [4.78, 5) is 56.0. The zero-order valence-corrected chi connectivity index (χ0v) is 42.7. The number of halogens is 3. The second kappa shape index (κ2) is 28.4. The summed E-state index contributed by atoms with van der Waals surface area (Å²) in [5, 5.41) is 0. The molecule has 0 aliphatic carbocycles. The number of nitrogens with zero attached hydrogens (tertiary/aromatic N) is 7. The highest BCUT2D eigenvalue weighted by molar-refractivity contribution is 8.54. The Morgan fingerprint density at radius 1 is 0.788 bits per heavy atom. The van der Waals surface area contributed by atoms with Gasteiger partial charge in [0.1, 0.15) is 31.4 Å². The Labute approximate surface area is 390 Å². The Hall–Kier alpha value is -2.31. The van der Waals surface area contributed by atoms with Gasteiger partial charge in [0.2, 0.25) is 5.82 Å². The van der Waals surface area contributed by atoms with Crippen LogP contribution in [-0.4, -0.2) is 151 Å². The predicted molar refractivity (Wildman–Crippen MR) is 247 cm³/mol. The third kappa shape index (κ3) is 19.2. The third-order valence-corrected chi connectivity index (χ3v) is 13.8. The lowest BCUT2D eigenvalue weighted by molar-refractivity contribution is -0.202. The highest BCUT2D eigenvalue weighted by atomic mass is 32.7. The molecule has 0 bridgehead atoms. The van der Waals surface area contributed by atoms with Gasteiger partial charge in [0.15, 0.2) is 23.2 Å². The molecule has 0 spiro atoms. The predicted octanol–water partition coefficient (Wildman–Crippen LogP) is 7.07. The summed E-state index contributed by atoms with van der Waals surface area (Å²) in [6, 6.07) is 8.25. The van der Waals surface area contributed by atoms with E-state index in [4.69, 9.17) is 33.3 Å². The average Bonchev–Trinajstić information content (AvgIpc) is 3.92. The summed E-state index contributed by atoms with van der Waals surface area (Å²) in [7, 11) is -4.74. The summed E-state index contributed by atoms with van der Waals surface area (Å²) >= 11 is 0.571. The van der Waals surface area contributed by atoms with Crippen molar-refractivity contribution in [1.29, 1.82) is 0 Å². The van der Waals surface area contributed by atoms with E-state index in [0.717, 1.165) is 10.9 Å².